The fourth-order valence-corrected chi connectivity index (χ4v) is 3.94. The Morgan fingerprint density at radius 2 is 2.12 bits per heavy atom. The highest BCUT2D eigenvalue weighted by Gasteiger charge is 2.22. The summed E-state index contributed by atoms with van der Waals surface area (Å²) in [4.78, 5) is 30.3. The molecule has 0 radical (unpaired) electrons. The average Bonchev–Trinajstić information content (AvgIpc) is 3.00. The fraction of sp³-hybridized carbons (Fsp3) is 0.235. The number of thioether (sulfide) groups is 2. The zero-order chi connectivity index (χ0) is 16.8. The molecule has 5 nitrogen and oxygen atoms in total. The van der Waals surface area contributed by atoms with Gasteiger partial charge in [-0.3, -0.25) is 14.6 Å². The van der Waals surface area contributed by atoms with Crippen LogP contribution in [-0.2, 0) is 15.3 Å². The van der Waals surface area contributed by atoms with Crippen molar-refractivity contribution < 1.29 is 9.59 Å². The molecule has 124 valence electrons. The van der Waals surface area contributed by atoms with Crippen molar-refractivity contribution in [1.82, 2.24) is 9.88 Å². The Hall–Kier alpha value is -1.99. The van der Waals surface area contributed by atoms with Gasteiger partial charge in [0.05, 0.1) is 11.6 Å². The fourth-order valence-electron chi connectivity index (χ4n) is 2.20. The summed E-state index contributed by atoms with van der Waals surface area (Å²) in [5.41, 5.74) is 1.91. The van der Waals surface area contributed by atoms with Crippen molar-refractivity contribution in [3.63, 3.8) is 0 Å². The molecule has 1 N–H and O–H groups in total. The molecule has 24 heavy (non-hydrogen) atoms. The lowest BCUT2D eigenvalue weighted by molar-refractivity contribution is -0.130. The number of hydrogen-bond donors (Lipinski definition) is 1. The molecular formula is C17H17N3O2S2. The Labute approximate surface area is 149 Å². The average molecular weight is 359 g/mol. The van der Waals surface area contributed by atoms with Gasteiger partial charge >= 0.3 is 0 Å². The van der Waals surface area contributed by atoms with Crippen molar-refractivity contribution in [2.75, 3.05) is 23.5 Å². The van der Waals surface area contributed by atoms with Crippen LogP contribution in [0.3, 0.4) is 0 Å². The minimum Gasteiger partial charge on any atom is -0.325 e. The number of rotatable bonds is 6. The van der Waals surface area contributed by atoms with Crippen molar-refractivity contribution in [1.29, 1.82) is 0 Å². The first-order valence-electron chi connectivity index (χ1n) is 7.48. The van der Waals surface area contributed by atoms with Crippen molar-refractivity contribution >= 4 is 41.0 Å². The van der Waals surface area contributed by atoms with E-state index in [-0.39, 0.29) is 18.4 Å². The summed E-state index contributed by atoms with van der Waals surface area (Å²) >= 11 is 3.25. The summed E-state index contributed by atoms with van der Waals surface area (Å²) in [6.07, 6.45) is 3.62. The number of nitrogens with one attached hydrogen (secondary N) is 1. The molecule has 1 aromatic carbocycles. The highest BCUT2D eigenvalue weighted by Crippen LogP contribution is 2.24. The first kappa shape index (κ1) is 16.9. The molecule has 2 aromatic rings. The molecule has 7 heteroatoms. The van der Waals surface area contributed by atoms with Gasteiger partial charge in [-0.1, -0.05) is 6.07 Å². The van der Waals surface area contributed by atoms with E-state index >= 15 is 0 Å². The lowest BCUT2D eigenvalue weighted by Gasteiger charge is -2.14. The van der Waals surface area contributed by atoms with Crippen molar-refractivity contribution in [2.45, 2.75) is 10.6 Å². The minimum absolute atomic E-state index is 0.0253. The monoisotopic (exact) mass is 359 g/mol. The van der Waals surface area contributed by atoms with Crippen LogP contribution in [0.4, 0.5) is 5.69 Å². The summed E-state index contributed by atoms with van der Waals surface area (Å²) in [6.45, 7) is 0.114. The van der Waals surface area contributed by atoms with Gasteiger partial charge in [0, 0.05) is 28.7 Å². The Balaban J connectivity index is 1.49. The number of amides is 2. The normalized spacial score (nSPS) is 14.0. The highest BCUT2D eigenvalue weighted by molar-refractivity contribution is 8.00. The van der Waals surface area contributed by atoms with Crippen LogP contribution in [0.5, 0.6) is 0 Å². The van der Waals surface area contributed by atoms with Crippen LogP contribution in [0.1, 0.15) is 5.56 Å². The molecule has 3 rings (SSSR count). The van der Waals surface area contributed by atoms with Gasteiger partial charge in [-0.15, -0.1) is 23.5 Å². The maximum absolute atomic E-state index is 12.0. The predicted molar refractivity (Wildman–Crippen MR) is 97.9 cm³/mol. The first-order chi connectivity index (χ1) is 11.7. The number of carbonyl (C=O) groups excluding carboxylic acids is 2. The molecule has 0 atom stereocenters. The van der Waals surface area contributed by atoms with Crippen LogP contribution in [0.15, 0.2) is 53.7 Å². The minimum atomic E-state index is -0.165. The summed E-state index contributed by atoms with van der Waals surface area (Å²) in [5.74, 6) is 1.78. The highest BCUT2D eigenvalue weighted by atomic mass is 32.2. The third kappa shape index (κ3) is 4.75. The molecule has 1 aromatic heterocycles. The van der Waals surface area contributed by atoms with E-state index in [1.807, 2.05) is 42.6 Å². The van der Waals surface area contributed by atoms with Crippen molar-refractivity contribution in [2.24, 2.45) is 0 Å². The number of aromatic nitrogens is 1. The van der Waals surface area contributed by atoms with E-state index in [0.29, 0.717) is 11.6 Å². The third-order valence-electron chi connectivity index (χ3n) is 3.43. The molecule has 1 aliphatic heterocycles. The predicted octanol–water partition coefficient (Wildman–Crippen LogP) is 2.85. The summed E-state index contributed by atoms with van der Waals surface area (Å²) in [7, 11) is 0. The lowest BCUT2D eigenvalue weighted by atomic mass is 10.3. The molecule has 2 amide bonds. The van der Waals surface area contributed by atoms with Crippen molar-refractivity contribution in [3.8, 4) is 0 Å². The first-order valence-corrected chi connectivity index (χ1v) is 9.62. The van der Waals surface area contributed by atoms with E-state index in [9.17, 15) is 9.59 Å². The zero-order valence-corrected chi connectivity index (χ0v) is 14.6. The zero-order valence-electron chi connectivity index (χ0n) is 13.0. The Bertz CT molecular complexity index is 708. The summed E-state index contributed by atoms with van der Waals surface area (Å²) in [6, 6.07) is 11.7. The molecule has 0 saturated carbocycles. The summed E-state index contributed by atoms with van der Waals surface area (Å²) in [5, 5.41) is 2.83. The Morgan fingerprint density at radius 1 is 1.29 bits per heavy atom. The molecule has 2 heterocycles. The molecule has 0 aliphatic carbocycles. The number of hydrogen-bond acceptors (Lipinski definition) is 5. The quantitative estimate of drug-likeness (QED) is 0.804. The number of carbonyl (C=O) groups is 2. The van der Waals surface area contributed by atoms with E-state index < -0.39 is 0 Å². The second-order valence-corrected chi connectivity index (χ2v) is 7.30. The third-order valence-corrected chi connectivity index (χ3v) is 5.45. The van der Waals surface area contributed by atoms with Crippen LogP contribution in [0.2, 0.25) is 0 Å². The summed E-state index contributed by atoms with van der Waals surface area (Å²) < 4.78 is 0. The number of pyridine rings is 1. The Kier molecular flexibility index (Phi) is 5.77. The van der Waals surface area contributed by atoms with E-state index in [1.54, 1.807) is 22.9 Å². The SMILES string of the molecule is O=C(CN1CSCC1=O)Nc1ccc(SCc2cccnc2)cc1. The van der Waals surface area contributed by atoms with E-state index in [4.69, 9.17) is 0 Å². The van der Waals surface area contributed by atoms with Crippen LogP contribution in [0, 0.1) is 0 Å². The topological polar surface area (TPSA) is 62.3 Å². The largest absolute Gasteiger partial charge is 0.325 e. The van der Waals surface area contributed by atoms with Gasteiger partial charge in [0.2, 0.25) is 11.8 Å². The van der Waals surface area contributed by atoms with Gasteiger partial charge in [0.1, 0.15) is 6.54 Å². The number of anilines is 1. The van der Waals surface area contributed by atoms with Crippen LogP contribution >= 0.6 is 23.5 Å². The molecule has 1 aliphatic rings. The van der Waals surface area contributed by atoms with Gasteiger partial charge in [-0.05, 0) is 35.9 Å². The van der Waals surface area contributed by atoms with Crippen LogP contribution in [0.25, 0.3) is 0 Å². The molecule has 0 spiro atoms. The van der Waals surface area contributed by atoms with Crippen molar-refractivity contribution in [3.05, 3.63) is 54.4 Å². The molecule has 1 saturated heterocycles. The van der Waals surface area contributed by atoms with Gasteiger partial charge in [0.25, 0.3) is 0 Å². The Morgan fingerprint density at radius 3 is 2.79 bits per heavy atom. The maximum atomic E-state index is 12.0. The van der Waals surface area contributed by atoms with Gasteiger partial charge in [-0.25, -0.2) is 0 Å². The van der Waals surface area contributed by atoms with E-state index in [1.165, 1.54) is 17.3 Å². The molecule has 1 fully saturated rings. The second kappa shape index (κ2) is 8.21. The molecule has 0 unspecified atom stereocenters. The van der Waals surface area contributed by atoms with E-state index in [2.05, 4.69) is 10.3 Å². The molecular weight excluding hydrogens is 342 g/mol. The van der Waals surface area contributed by atoms with Crippen LogP contribution in [-0.4, -0.2) is 39.9 Å². The standard InChI is InChI=1S/C17H17N3O2S2/c21-16(9-20-12-23-11-17(20)22)19-14-3-5-15(6-4-14)24-10-13-2-1-7-18-8-13/h1-8H,9-12H2,(H,19,21). The smallest absolute Gasteiger partial charge is 0.244 e. The van der Waals surface area contributed by atoms with Gasteiger partial charge in [-0.2, -0.15) is 0 Å². The number of benzene rings is 1. The number of nitrogens with zero attached hydrogens (tertiary/aromatic N) is 2. The van der Waals surface area contributed by atoms with E-state index in [0.717, 1.165) is 16.3 Å². The molecule has 0 bridgehead atoms. The van der Waals surface area contributed by atoms with Gasteiger partial charge < -0.3 is 10.2 Å². The van der Waals surface area contributed by atoms with Gasteiger partial charge in [0.15, 0.2) is 0 Å². The second-order valence-electron chi connectivity index (χ2n) is 5.29. The maximum Gasteiger partial charge on any atom is 0.244 e. The lowest BCUT2D eigenvalue weighted by Crippen LogP contribution is -2.34. The van der Waals surface area contributed by atoms with Crippen LogP contribution < -0.4 is 5.32 Å².